The third-order valence-corrected chi connectivity index (χ3v) is 4.34. The Morgan fingerprint density at radius 2 is 1.65 bits per heavy atom. The molecule has 3 rings (SSSR count). The SMILES string of the molecule is CC(CCC(=O)ON1C(=O)c2ccccc2C1=O)c1ccc(C#N)cc1. The van der Waals surface area contributed by atoms with Gasteiger partial charge in [-0.05, 0) is 42.2 Å². The number of fused-ring (bicyclic) bond motifs is 1. The van der Waals surface area contributed by atoms with Crippen LogP contribution >= 0.6 is 0 Å². The number of amides is 2. The van der Waals surface area contributed by atoms with E-state index in [1.165, 1.54) is 12.1 Å². The average molecular weight is 348 g/mol. The molecule has 1 atom stereocenters. The first-order valence-corrected chi connectivity index (χ1v) is 8.20. The minimum atomic E-state index is -0.639. The number of rotatable bonds is 5. The van der Waals surface area contributed by atoms with E-state index in [0.29, 0.717) is 17.0 Å². The monoisotopic (exact) mass is 348 g/mol. The van der Waals surface area contributed by atoms with E-state index in [2.05, 4.69) is 6.07 Å². The molecular formula is C20H16N2O4. The van der Waals surface area contributed by atoms with Crippen LogP contribution in [-0.2, 0) is 9.63 Å². The summed E-state index contributed by atoms with van der Waals surface area (Å²) in [6.45, 7) is 1.96. The Morgan fingerprint density at radius 3 is 2.19 bits per heavy atom. The molecule has 0 bridgehead atoms. The second kappa shape index (κ2) is 7.19. The molecule has 0 aromatic heterocycles. The third kappa shape index (κ3) is 3.33. The maximum absolute atomic E-state index is 12.2. The van der Waals surface area contributed by atoms with Crippen molar-refractivity contribution in [1.82, 2.24) is 5.06 Å². The molecule has 2 aromatic carbocycles. The molecule has 0 radical (unpaired) electrons. The molecule has 2 aromatic rings. The number of benzene rings is 2. The Kier molecular flexibility index (Phi) is 4.81. The van der Waals surface area contributed by atoms with Gasteiger partial charge in [0.05, 0.1) is 22.8 Å². The standard InChI is InChI=1S/C20H16N2O4/c1-13(15-9-7-14(12-21)8-10-15)6-11-18(23)26-22-19(24)16-4-2-3-5-17(16)20(22)25/h2-5,7-10,13H,6,11H2,1H3. The number of hydroxylamine groups is 2. The van der Waals surface area contributed by atoms with Crippen LogP contribution in [0.15, 0.2) is 48.5 Å². The molecule has 1 unspecified atom stereocenters. The first kappa shape index (κ1) is 17.4. The van der Waals surface area contributed by atoms with Crippen molar-refractivity contribution < 1.29 is 19.2 Å². The van der Waals surface area contributed by atoms with Crippen LogP contribution in [0.2, 0.25) is 0 Å². The summed E-state index contributed by atoms with van der Waals surface area (Å²) < 4.78 is 0. The lowest BCUT2D eigenvalue weighted by molar-refractivity contribution is -0.168. The first-order chi connectivity index (χ1) is 12.5. The molecular weight excluding hydrogens is 332 g/mol. The molecule has 0 fully saturated rings. The van der Waals surface area contributed by atoms with Crippen LogP contribution < -0.4 is 0 Å². The Bertz CT molecular complexity index is 877. The molecule has 0 saturated carbocycles. The number of imide groups is 1. The van der Waals surface area contributed by atoms with E-state index in [-0.39, 0.29) is 23.5 Å². The van der Waals surface area contributed by atoms with Gasteiger partial charge in [0.25, 0.3) is 11.8 Å². The molecule has 6 nitrogen and oxygen atoms in total. The Balaban J connectivity index is 1.57. The molecule has 1 heterocycles. The number of hydrogen-bond acceptors (Lipinski definition) is 5. The van der Waals surface area contributed by atoms with Crippen LogP contribution in [-0.4, -0.2) is 22.8 Å². The quantitative estimate of drug-likeness (QED) is 0.774. The second-order valence-electron chi connectivity index (χ2n) is 6.09. The van der Waals surface area contributed by atoms with Crippen LogP contribution in [0.1, 0.15) is 57.5 Å². The summed E-state index contributed by atoms with van der Waals surface area (Å²) in [4.78, 5) is 41.4. The van der Waals surface area contributed by atoms with Crippen molar-refractivity contribution in [3.05, 3.63) is 70.8 Å². The molecule has 0 spiro atoms. The predicted molar refractivity (Wildman–Crippen MR) is 91.8 cm³/mol. The minimum absolute atomic E-state index is 0.0641. The summed E-state index contributed by atoms with van der Waals surface area (Å²) in [6, 6.07) is 15.5. The molecule has 130 valence electrons. The van der Waals surface area contributed by atoms with Crippen LogP contribution in [0.3, 0.4) is 0 Å². The zero-order valence-electron chi connectivity index (χ0n) is 14.1. The summed E-state index contributed by atoms with van der Waals surface area (Å²) in [5, 5.41) is 9.34. The molecule has 0 N–H and O–H groups in total. The van der Waals surface area contributed by atoms with E-state index in [9.17, 15) is 14.4 Å². The second-order valence-corrected chi connectivity index (χ2v) is 6.09. The lowest BCUT2D eigenvalue weighted by atomic mass is 9.95. The van der Waals surface area contributed by atoms with E-state index in [1.807, 2.05) is 19.1 Å². The van der Waals surface area contributed by atoms with Crippen molar-refractivity contribution >= 4 is 17.8 Å². The fourth-order valence-electron chi connectivity index (χ4n) is 2.78. The highest BCUT2D eigenvalue weighted by Crippen LogP contribution is 2.24. The van der Waals surface area contributed by atoms with Crippen LogP contribution in [0.25, 0.3) is 0 Å². The summed E-state index contributed by atoms with van der Waals surface area (Å²) in [6.07, 6.45) is 0.558. The summed E-state index contributed by atoms with van der Waals surface area (Å²) >= 11 is 0. The van der Waals surface area contributed by atoms with Gasteiger partial charge in [-0.1, -0.05) is 36.3 Å². The van der Waals surface area contributed by atoms with Gasteiger partial charge in [-0.15, -0.1) is 0 Å². The number of nitriles is 1. The van der Waals surface area contributed by atoms with E-state index in [0.717, 1.165) is 5.56 Å². The Labute approximate surface area is 150 Å². The van der Waals surface area contributed by atoms with Gasteiger partial charge < -0.3 is 4.84 Å². The molecule has 1 aliphatic heterocycles. The maximum Gasteiger partial charge on any atom is 0.333 e. The van der Waals surface area contributed by atoms with Crippen molar-refractivity contribution in [3.8, 4) is 6.07 Å². The van der Waals surface area contributed by atoms with Crippen LogP contribution in [0.4, 0.5) is 0 Å². The lowest BCUT2D eigenvalue weighted by Crippen LogP contribution is -2.32. The van der Waals surface area contributed by atoms with Crippen LogP contribution in [0.5, 0.6) is 0 Å². The van der Waals surface area contributed by atoms with E-state index >= 15 is 0 Å². The molecule has 1 aliphatic rings. The van der Waals surface area contributed by atoms with Crippen molar-refractivity contribution in [2.75, 3.05) is 0 Å². The first-order valence-electron chi connectivity index (χ1n) is 8.20. The predicted octanol–water partition coefficient (Wildman–Crippen LogP) is 3.20. The number of nitrogens with zero attached hydrogens (tertiary/aromatic N) is 2. The van der Waals surface area contributed by atoms with Gasteiger partial charge in [0.1, 0.15) is 0 Å². The van der Waals surface area contributed by atoms with Crippen molar-refractivity contribution in [2.24, 2.45) is 0 Å². The smallest absolute Gasteiger partial charge is 0.330 e. The summed E-state index contributed by atoms with van der Waals surface area (Å²) in [5.41, 5.74) is 2.04. The van der Waals surface area contributed by atoms with Crippen molar-refractivity contribution in [2.45, 2.75) is 25.7 Å². The highest BCUT2D eigenvalue weighted by molar-refractivity contribution is 6.20. The summed E-state index contributed by atoms with van der Waals surface area (Å²) in [5.74, 6) is -1.82. The van der Waals surface area contributed by atoms with Gasteiger partial charge in [-0.25, -0.2) is 4.79 Å². The number of carbonyl (C=O) groups is 3. The van der Waals surface area contributed by atoms with Gasteiger partial charge in [0.2, 0.25) is 0 Å². The molecule has 0 aliphatic carbocycles. The highest BCUT2D eigenvalue weighted by Gasteiger charge is 2.38. The van der Waals surface area contributed by atoms with Crippen LogP contribution in [0, 0.1) is 11.3 Å². The normalized spacial score (nSPS) is 13.9. The maximum atomic E-state index is 12.2. The van der Waals surface area contributed by atoms with Gasteiger partial charge in [-0.3, -0.25) is 9.59 Å². The van der Waals surface area contributed by atoms with Gasteiger partial charge >= 0.3 is 5.97 Å². The Hall–Kier alpha value is -3.46. The van der Waals surface area contributed by atoms with E-state index in [1.54, 1.807) is 24.3 Å². The zero-order valence-corrected chi connectivity index (χ0v) is 14.1. The van der Waals surface area contributed by atoms with Gasteiger partial charge in [0.15, 0.2) is 0 Å². The lowest BCUT2D eigenvalue weighted by Gasteiger charge is -2.14. The molecule has 2 amide bonds. The van der Waals surface area contributed by atoms with Crippen molar-refractivity contribution in [3.63, 3.8) is 0 Å². The van der Waals surface area contributed by atoms with E-state index in [4.69, 9.17) is 10.1 Å². The highest BCUT2D eigenvalue weighted by atomic mass is 16.7. The Morgan fingerprint density at radius 1 is 1.08 bits per heavy atom. The largest absolute Gasteiger partial charge is 0.333 e. The third-order valence-electron chi connectivity index (χ3n) is 4.34. The topological polar surface area (TPSA) is 87.5 Å². The van der Waals surface area contributed by atoms with E-state index < -0.39 is 17.8 Å². The fourth-order valence-corrected chi connectivity index (χ4v) is 2.78. The van der Waals surface area contributed by atoms with Gasteiger partial charge in [-0.2, -0.15) is 5.26 Å². The molecule has 26 heavy (non-hydrogen) atoms. The molecule has 6 heteroatoms. The zero-order chi connectivity index (χ0) is 18.7. The fraction of sp³-hybridized carbons (Fsp3) is 0.200. The van der Waals surface area contributed by atoms with Gasteiger partial charge in [0, 0.05) is 6.42 Å². The average Bonchev–Trinajstić information content (AvgIpc) is 2.91. The number of carbonyl (C=O) groups excluding carboxylic acids is 3. The molecule has 0 saturated heterocycles. The van der Waals surface area contributed by atoms with Crippen molar-refractivity contribution in [1.29, 1.82) is 5.26 Å². The minimum Gasteiger partial charge on any atom is -0.330 e. The number of hydrogen-bond donors (Lipinski definition) is 0. The summed E-state index contributed by atoms with van der Waals surface area (Å²) in [7, 11) is 0.